The number of benzene rings is 2. The quantitative estimate of drug-likeness (QED) is 0.478. The summed E-state index contributed by atoms with van der Waals surface area (Å²) in [5, 5.41) is 16.6. The van der Waals surface area contributed by atoms with Gasteiger partial charge in [0.05, 0.1) is 11.7 Å². The standard InChI is InChI=1S/C28H33N5O3/c1-4-30-26(34)6-5-13-33-14-11-20-7-8-22(16-21(20)12-15-33)27-31-28(36-32-27)23-9-10-25(35-19(2)3)24(17-23)18-29/h7-10,16-17,19H,4-6,11-15H2,1-3H3,(H,30,34). The molecule has 1 N–H and O–H groups in total. The molecular formula is C28H33N5O3. The maximum Gasteiger partial charge on any atom is 0.258 e. The minimum Gasteiger partial charge on any atom is -0.490 e. The van der Waals surface area contributed by atoms with Crippen LogP contribution in [0.25, 0.3) is 22.8 Å². The van der Waals surface area contributed by atoms with E-state index in [-0.39, 0.29) is 12.0 Å². The van der Waals surface area contributed by atoms with E-state index in [2.05, 4.69) is 38.6 Å². The summed E-state index contributed by atoms with van der Waals surface area (Å²) in [7, 11) is 0. The fraction of sp³-hybridized carbons (Fsp3) is 0.429. The van der Waals surface area contributed by atoms with Gasteiger partial charge in [0.15, 0.2) is 0 Å². The Morgan fingerprint density at radius 2 is 1.94 bits per heavy atom. The summed E-state index contributed by atoms with van der Waals surface area (Å²) in [5.74, 6) is 1.56. The molecule has 0 aliphatic carbocycles. The predicted octanol–water partition coefficient (Wildman–Crippen LogP) is 4.38. The number of amides is 1. The molecule has 2 heterocycles. The molecule has 8 heteroatoms. The van der Waals surface area contributed by atoms with Crippen molar-refractivity contribution < 1.29 is 14.1 Å². The molecule has 8 nitrogen and oxygen atoms in total. The van der Waals surface area contributed by atoms with Crippen molar-refractivity contribution in [2.45, 2.75) is 52.6 Å². The molecule has 0 saturated heterocycles. The van der Waals surface area contributed by atoms with Crippen LogP contribution in [0.1, 0.15) is 50.3 Å². The molecule has 0 bridgehead atoms. The Balaban J connectivity index is 1.43. The van der Waals surface area contributed by atoms with Crippen molar-refractivity contribution >= 4 is 5.91 Å². The van der Waals surface area contributed by atoms with Crippen LogP contribution in [-0.4, -0.2) is 53.2 Å². The maximum absolute atomic E-state index is 11.7. The van der Waals surface area contributed by atoms with E-state index in [1.54, 1.807) is 12.1 Å². The molecule has 1 aliphatic heterocycles. The average molecular weight is 488 g/mol. The number of nitrogens with zero attached hydrogens (tertiary/aromatic N) is 4. The van der Waals surface area contributed by atoms with E-state index in [0.29, 0.717) is 41.6 Å². The zero-order chi connectivity index (χ0) is 25.5. The third kappa shape index (κ3) is 6.29. The van der Waals surface area contributed by atoms with Gasteiger partial charge in [0.25, 0.3) is 5.89 Å². The molecule has 188 valence electrons. The Bertz CT molecular complexity index is 1240. The second-order valence-electron chi connectivity index (χ2n) is 9.29. The number of aromatic nitrogens is 2. The van der Waals surface area contributed by atoms with Crippen molar-refractivity contribution in [1.82, 2.24) is 20.4 Å². The lowest BCUT2D eigenvalue weighted by atomic mass is 10.00. The van der Waals surface area contributed by atoms with Crippen molar-refractivity contribution in [2.75, 3.05) is 26.2 Å². The minimum absolute atomic E-state index is 0.0226. The molecule has 1 aromatic heterocycles. The summed E-state index contributed by atoms with van der Waals surface area (Å²) >= 11 is 0. The highest BCUT2D eigenvalue weighted by Crippen LogP contribution is 2.29. The van der Waals surface area contributed by atoms with Gasteiger partial charge in [-0.1, -0.05) is 17.3 Å². The van der Waals surface area contributed by atoms with E-state index in [1.165, 1.54) is 11.1 Å². The first-order chi connectivity index (χ1) is 17.5. The van der Waals surface area contributed by atoms with Gasteiger partial charge in [-0.05, 0) is 82.0 Å². The number of nitriles is 1. The van der Waals surface area contributed by atoms with E-state index >= 15 is 0 Å². The van der Waals surface area contributed by atoms with E-state index < -0.39 is 0 Å². The molecule has 0 spiro atoms. The number of rotatable bonds is 9. The average Bonchev–Trinajstić information content (AvgIpc) is 3.27. The number of hydrogen-bond donors (Lipinski definition) is 1. The van der Waals surface area contributed by atoms with Crippen molar-refractivity contribution in [2.24, 2.45) is 0 Å². The van der Waals surface area contributed by atoms with Crippen LogP contribution in [0, 0.1) is 11.3 Å². The number of hydrogen-bond acceptors (Lipinski definition) is 7. The van der Waals surface area contributed by atoms with Crippen LogP contribution in [0.4, 0.5) is 0 Å². The zero-order valence-corrected chi connectivity index (χ0v) is 21.2. The second kappa shape index (κ2) is 11.8. The van der Waals surface area contributed by atoms with E-state index in [1.807, 2.05) is 32.9 Å². The molecule has 0 saturated carbocycles. The van der Waals surface area contributed by atoms with Crippen LogP contribution in [0.5, 0.6) is 5.75 Å². The highest BCUT2D eigenvalue weighted by Gasteiger charge is 2.18. The lowest BCUT2D eigenvalue weighted by molar-refractivity contribution is -0.121. The summed E-state index contributed by atoms with van der Waals surface area (Å²) in [4.78, 5) is 18.7. The summed E-state index contributed by atoms with van der Waals surface area (Å²) in [6.07, 6.45) is 3.35. The molecule has 0 fully saturated rings. The van der Waals surface area contributed by atoms with Crippen molar-refractivity contribution in [3.63, 3.8) is 0 Å². The van der Waals surface area contributed by atoms with Gasteiger partial charge in [-0.25, -0.2) is 0 Å². The number of nitrogens with one attached hydrogen (secondary N) is 1. The van der Waals surface area contributed by atoms with Crippen LogP contribution in [-0.2, 0) is 17.6 Å². The van der Waals surface area contributed by atoms with Crippen molar-refractivity contribution in [3.05, 3.63) is 53.1 Å². The van der Waals surface area contributed by atoms with Crippen LogP contribution < -0.4 is 10.1 Å². The molecule has 36 heavy (non-hydrogen) atoms. The molecular weight excluding hydrogens is 454 g/mol. The molecule has 4 rings (SSSR count). The van der Waals surface area contributed by atoms with Gasteiger partial charge in [0.2, 0.25) is 11.7 Å². The Kier molecular flexibility index (Phi) is 8.34. The van der Waals surface area contributed by atoms with Gasteiger partial charge in [-0.2, -0.15) is 10.2 Å². The molecule has 2 aromatic carbocycles. The minimum atomic E-state index is -0.0226. The van der Waals surface area contributed by atoms with Crippen molar-refractivity contribution in [1.29, 1.82) is 5.26 Å². The van der Waals surface area contributed by atoms with Crippen molar-refractivity contribution in [3.8, 4) is 34.7 Å². The molecule has 1 amide bonds. The van der Waals surface area contributed by atoms with E-state index in [9.17, 15) is 10.1 Å². The van der Waals surface area contributed by atoms with E-state index in [4.69, 9.17) is 9.26 Å². The Labute approximate surface area is 212 Å². The number of ether oxygens (including phenoxy) is 1. The summed E-state index contributed by atoms with van der Waals surface area (Å²) in [5.41, 5.74) is 4.66. The summed E-state index contributed by atoms with van der Waals surface area (Å²) in [6, 6.07) is 13.8. The third-order valence-corrected chi connectivity index (χ3v) is 6.25. The highest BCUT2D eigenvalue weighted by atomic mass is 16.5. The van der Waals surface area contributed by atoms with Crippen LogP contribution in [0.3, 0.4) is 0 Å². The summed E-state index contributed by atoms with van der Waals surface area (Å²) < 4.78 is 11.2. The first-order valence-corrected chi connectivity index (χ1v) is 12.6. The SMILES string of the molecule is CCNC(=O)CCCN1CCc2ccc(-c3noc(-c4ccc(OC(C)C)c(C#N)c4)n3)cc2CC1. The lowest BCUT2D eigenvalue weighted by Crippen LogP contribution is -2.29. The van der Waals surface area contributed by atoms with Crippen LogP contribution in [0.15, 0.2) is 40.9 Å². The fourth-order valence-corrected chi connectivity index (χ4v) is 4.45. The second-order valence-corrected chi connectivity index (χ2v) is 9.29. The number of carbonyl (C=O) groups is 1. The summed E-state index contributed by atoms with van der Waals surface area (Å²) in [6.45, 7) is 9.35. The van der Waals surface area contributed by atoms with Gasteiger partial charge in [-0.3, -0.25) is 4.79 Å². The first-order valence-electron chi connectivity index (χ1n) is 12.6. The van der Waals surface area contributed by atoms with Gasteiger partial charge in [0.1, 0.15) is 11.8 Å². The Hall–Kier alpha value is -3.70. The van der Waals surface area contributed by atoms with Gasteiger partial charge >= 0.3 is 0 Å². The number of carbonyl (C=O) groups excluding carboxylic acids is 1. The van der Waals surface area contributed by atoms with Gasteiger partial charge < -0.3 is 19.5 Å². The molecule has 0 radical (unpaired) electrons. The largest absolute Gasteiger partial charge is 0.490 e. The topological polar surface area (TPSA) is 104 Å². The van der Waals surface area contributed by atoms with E-state index in [0.717, 1.165) is 44.5 Å². The first kappa shape index (κ1) is 25.4. The number of fused-ring (bicyclic) bond motifs is 1. The monoisotopic (exact) mass is 487 g/mol. The highest BCUT2D eigenvalue weighted by molar-refractivity contribution is 5.75. The zero-order valence-electron chi connectivity index (χ0n) is 21.2. The fourth-order valence-electron chi connectivity index (χ4n) is 4.45. The Morgan fingerprint density at radius 3 is 2.69 bits per heavy atom. The Morgan fingerprint density at radius 1 is 1.17 bits per heavy atom. The molecule has 0 atom stereocenters. The van der Waals surface area contributed by atoms with Crippen LogP contribution in [0.2, 0.25) is 0 Å². The normalized spacial score (nSPS) is 13.6. The lowest BCUT2D eigenvalue weighted by Gasteiger charge is -2.19. The third-order valence-electron chi connectivity index (χ3n) is 6.25. The van der Waals surface area contributed by atoms with Crippen LogP contribution >= 0.6 is 0 Å². The predicted molar refractivity (Wildman–Crippen MR) is 137 cm³/mol. The smallest absolute Gasteiger partial charge is 0.258 e. The maximum atomic E-state index is 11.7. The molecule has 0 unspecified atom stereocenters. The van der Waals surface area contributed by atoms with Gasteiger partial charge in [0, 0.05) is 37.2 Å². The molecule has 3 aromatic rings. The molecule has 1 aliphatic rings. The van der Waals surface area contributed by atoms with Gasteiger partial charge in [-0.15, -0.1) is 0 Å².